The second-order valence-corrected chi connectivity index (χ2v) is 5.41. The predicted molar refractivity (Wildman–Crippen MR) is 71.8 cm³/mol. The van der Waals surface area contributed by atoms with Crippen molar-refractivity contribution in [1.29, 1.82) is 0 Å². The Morgan fingerprint density at radius 1 is 1.22 bits per heavy atom. The van der Waals surface area contributed by atoms with E-state index in [-0.39, 0.29) is 6.54 Å². The molecule has 1 aliphatic carbocycles. The lowest BCUT2D eigenvalue weighted by Crippen LogP contribution is -2.49. The number of halogens is 4. The first-order valence-corrected chi connectivity index (χ1v) is 6.79. The van der Waals surface area contributed by atoms with Crippen LogP contribution < -0.4 is 10.6 Å². The summed E-state index contributed by atoms with van der Waals surface area (Å²) in [6.07, 6.45) is -2.94. The molecule has 0 aliphatic heterocycles. The van der Waals surface area contributed by atoms with Crippen LogP contribution in [0.4, 0.5) is 23.2 Å². The number of carbonyl (C=O) groups excluding carboxylic acids is 2. The van der Waals surface area contributed by atoms with Crippen molar-refractivity contribution in [2.75, 3.05) is 11.9 Å². The van der Waals surface area contributed by atoms with Crippen molar-refractivity contribution >= 4 is 17.5 Å². The zero-order valence-electron chi connectivity index (χ0n) is 11.8. The predicted octanol–water partition coefficient (Wildman–Crippen LogP) is 1.81. The lowest BCUT2D eigenvalue weighted by Gasteiger charge is -2.36. The lowest BCUT2D eigenvalue weighted by molar-refractivity contribution is -0.138. The van der Waals surface area contributed by atoms with Gasteiger partial charge in [0, 0.05) is 6.54 Å². The van der Waals surface area contributed by atoms with Crippen molar-refractivity contribution in [2.24, 2.45) is 0 Å². The summed E-state index contributed by atoms with van der Waals surface area (Å²) < 4.78 is 51.1. The fraction of sp³-hybridized carbons (Fsp3) is 0.429. The number of hydrogen-bond donors (Lipinski definition) is 3. The molecule has 9 heteroatoms. The molecule has 0 saturated heterocycles. The van der Waals surface area contributed by atoms with E-state index in [2.05, 4.69) is 5.32 Å². The van der Waals surface area contributed by atoms with E-state index in [1.807, 2.05) is 0 Å². The number of benzene rings is 1. The Morgan fingerprint density at radius 3 is 2.39 bits per heavy atom. The molecule has 3 N–H and O–H groups in total. The molecule has 0 atom stereocenters. The van der Waals surface area contributed by atoms with Crippen LogP contribution in [-0.4, -0.2) is 29.1 Å². The van der Waals surface area contributed by atoms with Gasteiger partial charge in [0.05, 0.1) is 16.9 Å². The molecule has 2 amide bonds. The van der Waals surface area contributed by atoms with Crippen LogP contribution in [0.3, 0.4) is 0 Å². The van der Waals surface area contributed by atoms with Crippen molar-refractivity contribution in [3.8, 4) is 0 Å². The molecule has 0 aromatic heterocycles. The van der Waals surface area contributed by atoms with Gasteiger partial charge in [-0.2, -0.15) is 13.2 Å². The molecular formula is C14H14F4N2O3. The molecular weight excluding hydrogens is 320 g/mol. The van der Waals surface area contributed by atoms with E-state index in [1.165, 1.54) is 0 Å². The maximum Gasteiger partial charge on any atom is 0.416 e. The molecule has 2 rings (SSSR count). The normalized spacial score (nSPS) is 16.4. The SMILES string of the molecule is O=C(NCC1(O)CCC1)C(=O)Nc1cc(C(F)(F)F)ccc1F. The minimum Gasteiger partial charge on any atom is -0.388 e. The van der Waals surface area contributed by atoms with E-state index < -0.39 is 40.7 Å². The van der Waals surface area contributed by atoms with Crippen molar-refractivity contribution in [3.05, 3.63) is 29.6 Å². The first-order chi connectivity index (χ1) is 10.6. The second-order valence-electron chi connectivity index (χ2n) is 5.41. The van der Waals surface area contributed by atoms with Crippen LogP contribution in [0.2, 0.25) is 0 Å². The highest BCUT2D eigenvalue weighted by molar-refractivity contribution is 6.39. The highest BCUT2D eigenvalue weighted by Crippen LogP contribution is 2.32. The number of amides is 2. The van der Waals surface area contributed by atoms with Gasteiger partial charge in [0.15, 0.2) is 0 Å². The number of rotatable bonds is 3. The maximum atomic E-state index is 13.5. The van der Waals surface area contributed by atoms with Crippen LogP contribution in [-0.2, 0) is 15.8 Å². The molecule has 1 aliphatic rings. The van der Waals surface area contributed by atoms with Crippen LogP contribution in [0.1, 0.15) is 24.8 Å². The summed E-state index contributed by atoms with van der Waals surface area (Å²) in [7, 11) is 0. The summed E-state index contributed by atoms with van der Waals surface area (Å²) in [5, 5.41) is 13.7. The van der Waals surface area contributed by atoms with Gasteiger partial charge in [-0.05, 0) is 37.5 Å². The van der Waals surface area contributed by atoms with E-state index in [0.29, 0.717) is 31.0 Å². The van der Waals surface area contributed by atoms with Gasteiger partial charge in [-0.25, -0.2) is 4.39 Å². The van der Waals surface area contributed by atoms with E-state index >= 15 is 0 Å². The minimum atomic E-state index is -4.71. The largest absolute Gasteiger partial charge is 0.416 e. The van der Waals surface area contributed by atoms with Gasteiger partial charge in [0.25, 0.3) is 0 Å². The van der Waals surface area contributed by atoms with Gasteiger partial charge in [-0.3, -0.25) is 9.59 Å². The molecule has 23 heavy (non-hydrogen) atoms. The first kappa shape index (κ1) is 17.2. The van der Waals surface area contributed by atoms with Gasteiger partial charge in [0.1, 0.15) is 5.82 Å². The van der Waals surface area contributed by atoms with Crippen LogP contribution in [0, 0.1) is 5.82 Å². The Bertz CT molecular complexity index is 627. The second kappa shape index (κ2) is 6.15. The number of aliphatic hydroxyl groups is 1. The Kier molecular flexibility index (Phi) is 4.60. The third kappa shape index (κ3) is 4.19. The number of hydrogen-bond acceptors (Lipinski definition) is 3. The Labute approximate surface area is 128 Å². The van der Waals surface area contributed by atoms with Crippen LogP contribution in [0.25, 0.3) is 0 Å². The molecule has 1 saturated carbocycles. The lowest BCUT2D eigenvalue weighted by atomic mass is 9.80. The van der Waals surface area contributed by atoms with Crippen molar-refractivity contribution < 1.29 is 32.3 Å². The summed E-state index contributed by atoms with van der Waals surface area (Å²) in [5.74, 6) is -3.58. The average molecular weight is 334 g/mol. The summed E-state index contributed by atoms with van der Waals surface area (Å²) in [4.78, 5) is 23.1. The molecule has 1 aromatic carbocycles. The minimum absolute atomic E-state index is 0.148. The van der Waals surface area contributed by atoms with Crippen molar-refractivity contribution in [3.63, 3.8) is 0 Å². The quantitative estimate of drug-likeness (QED) is 0.583. The molecule has 0 bridgehead atoms. The molecule has 126 valence electrons. The number of nitrogens with one attached hydrogen (secondary N) is 2. The molecule has 0 heterocycles. The summed E-state index contributed by atoms with van der Waals surface area (Å²) in [6.45, 7) is -0.148. The highest BCUT2D eigenvalue weighted by atomic mass is 19.4. The van der Waals surface area contributed by atoms with Gasteiger partial charge in [0.2, 0.25) is 0 Å². The van der Waals surface area contributed by atoms with Gasteiger partial charge in [-0.15, -0.1) is 0 Å². The van der Waals surface area contributed by atoms with Gasteiger partial charge >= 0.3 is 18.0 Å². The number of anilines is 1. The highest BCUT2D eigenvalue weighted by Gasteiger charge is 2.35. The van der Waals surface area contributed by atoms with Crippen molar-refractivity contribution in [1.82, 2.24) is 5.32 Å². The zero-order valence-corrected chi connectivity index (χ0v) is 11.8. The van der Waals surface area contributed by atoms with E-state index in [4.69, 9.17) is 0 Å². The Morgan fingerprint density at radius 2 is 1.87 bits per heavy atom. The number of carbonyl (C=O) groups is 2. The fourth-order valence-corrected chi connectivity index (χ4v) is 2.06. The van der Waals surface area contributed by atoms with E-state index in [0.717, 1.165) is 6.42 Å². The molecule has 1 fully saturated rings. The Balaban J connectivity index is 2.00. The van der Waals surface area contributed by atoms with Gasteiger partial charge in [-0.1, -0.05) is 0 Å². The smallest absolute Gasteiger partial charge is 0.388 e. The van der Waals surface area contributed by atoms with E-state index in [9.17, 15) is 32.3 Å². The molecule has 0 unspecified atom stereocenters. The van der Waals surface area contributed by atoms with E-state index in [1.54, 1.807) is 5.32 Å². The molecule has 0 spiro atoms. The average Bonchev–Trinajstić information content (AvgIpc) is 2.43. The van der Waals surface area contributed by atoms with Crippen LogP contribution in [0.5, 0.6) is 0 Å². The molecule has 5 nitrogen and oxygen atoms in total. The topological polar surface area (TPSA) is 78.4 Å². The summed E-state index contributed by atoms with van der Waals surface area (Å²) in [6, 6.07) is 1.48. The fourth-order valence-electron chi connectivity index (χ4n) is 2.06. The Hall–Kier alpha value is -2.16. The number of alkyl halides is 3. The van der Waals surface area contributed by atoms with Crippen LogP contribution >= 0.6 is 0 Å². The zero-order chi connectivity index (χ0) is 17.3. The van der Waals surface area contributed by atoms with Crippen LogP contribution in [0.15, 0.2) is 18.2 Å². The standard InChI is InChI=1S/C14H14F4N2O3/c15-9-3-2-8(14(16,17)18)6-10(9)20-12(22)11(21)19-7-13(23)4-1-5-13/h2-3,6,23H,1,4-5,7H2,(H,19,21)(H,20,22). The van der Waals surface area contributed by atoms with Gasteiger partial charge < -0.3 is 15.7 Å². The summed E-state index contributed by atoms with van der Waals surface area (Å²) in [5.41, 5.74) is -2.96. The summed E-state index contributed by atoms with van der Waals surface area (Å²) >= 11 is 0. The third-order valence-corrected chi connectivity index (χ3v) is 3.61. The van der Waals surface area contributed by atoms with Crippen molar-refractivity contribution in [2.45, 2.75) is 31.0 Å². The first-order valence-electron chi connectivity index (χ1n) is 6.79. The molecule has 1 aromatic rings. The monoisotopic (exact) mass is 334 g/mol. The maximum absolute atomic E-state index is 13.5. The third-order valence-electron chi connectivity index (χ3n) is 3.61. The molecule has 0 radical (unpaired) electrons.